The van der Waals surface area contributed by atoms with Gasteiger partial charge in [0.2, 0.25) is 0 Å². The molecule has 0 aliphatic heterocycles. The fourth-order valence-corrected chi connectivity index (χ4v) is 2.53. The van der Waals surface area contributed by atoms with Crippen LogP contribution in [-0.2, 0) is 0 Å². The molecule has 0 heterocycles. The van der Waals surface area contributed by atoms with Crippen molar-refractivity contribution < 1.29 is 14.8 Å². The summed E-state index contributed by atoms with van der Waals surface area (Å²) in [4.78, 5) is 10.6. The van der Waals surface area contributed by atoms with Crippen LogP contribution in [0.25, 0.3) is 0 Å². The van der Waals surface area contributed by atoms with Gasteiger partial charge in [0, 0.05) is 23.9 Å². The van der Waals surface area contributed by atoms with Gasteiger partial charge in [-0.3, -0.25) is 10.1 Å². The summed E-state index contributed by atoms with van der Waals surface area (Å²) in [6.45, 7) is 2.53. The van der Waals surface area contributed by atoms with Crippen LogP contribution in [0.5, 0.6) is 5.75 Å². The van der Waals surface area contributed by atoms with Gasteiger partial charge in [0.05, 0.1) is 23.7 Å². The van der Waals surface area contributed by atoms with Crippen LogP contribution in [0.2, 0.25) is 0 Å². The molecule has 0 amide bonds. The molecule has 21 heavy (non-hydrogen) atoms. The molecule has 0 unspecified atom stereocenters. The molecule has 2 rings (SSSR count). The van der Waals surface area contributed by atoms with Crippen LogP contribution in [0.4, 0.5) is 11.4 Å². The molecule has 1 saturated carbocycles. The molecule has 1 aliphatic carbocycles. The molecule has 0 bridgehead atoms. The second-order valence-electron chi connectivity index (χ2n) is 5.47. The second kappa shape index (κ2) is 7.26. The summed E-state index contributed by atoms with van der Waals surface area (Å²) >= 11 is 0. The fraction of sp³-hybridized carbons (Fsp3) is 0.600. The van der Waals surface area contributed by atoms with E-state index in [9.17, 15) is 15.2 Å². The number of nitrogens with zero attached hydrogens (tertiary/aromatic N) is 1. The Morgan fingerprint density at radius 1 is 1.33 bits per heavy atom. The average Bonchev–Trinajstić information content (AvgIpc) is 2.47. The predicted molar refractivity (Wildman–Crippen MR) is 80.8 cm³/mol. The third kappa shape index (κ3) is 4.60. The van der Waals surface area contributed by atoms with Crippen LogP contribution in [0, 0.1) is 10.1 Å². The van der Waals surface area contributed by atoms with Crippen molar-refractivity contribution in [2.24, 2.45) is 0 Å². The van der Waals surface area contributed by atoms with Crippen LogP contribution >= 0.6 is 0 Å². The number of rotatable bonds is 6. The van der Waals surface area contributed by atoms with Crippen LogP contribution in [0.15, 0.2) is 18.2 Å². The number of ether oxygens (including phenoxy) is 1. The molecule has 0 spiro atoms. The number of aliphatic hydroxyl groups is 1. The first kappa shape index (κ1) is 15.6. The summed E-state index contributed by atoms with van der Waals surface area (Å²) in [5.41, 5.74) is 0.735. The molecule has 1 aliphatic rings. The maximum absolute atomic E-state index is 11.0. The van der Waals surface area contributed by atoms with Crippen molar-refractivity contribution in [2.75, 3.05) is 11.9 Å². The highest BCUT2D eigenvalue weighted by Gasteiger charge is 2.20. The Labute approximate surface area is 124 Å². The van der Waals surface area contributed by atoms with E-state index in [0.29, 0.717) is 18.0 Å². The Hall–Kier alpha value is -1.82. The van der Waals surface area contributed by atoms with E-state index in [2.05, 4.69) is 5.32 Å². The average molecular weight is 294 g/mol. The smallest absolute Gasteiger partial charge is 0.275 e. The quantitative estimate of drug-likeness (QED) is 0.622. The number of anilines is 1. The van der Waals surface area contributed by atoms with E-state index in [1.165, 1.54) is 12.1 Å². The maximum Gasteiger partial charge on any atom is 0.275 e. The van der Waals surface area contributed by atoms with Crippen molar-refractivity contribution in [1.82, 2.24) is 0 Å². The highest BCUT2D eigenvalue weighted by atomic mass is 16.6. The van der Waals surface area contributed by atoms with E-state index < -0.39 is 4.92 Å². The van der Waals surface area contributed by atoms with Crippen molar-refractivity contribution in [3.63, 3.8) is 0 Å². The Morgan fingerprint density at radius 3 is 2.67 bits per heavy atom. The van der Waals surface area contributed by atoms with Gasteiger partial charge in [-0.25, -0.2) is 0 Å². The highest BCUT2D eigenvalue weighted by molar-refractivity contribution is 5.56. The second-order valence-corrected chi connectivity index (χ2v) is 5.47. The molecule has 1 aromatic rings. The van der Waals surface area contributed by atoms with Crippen molar-refractivity contribution in [1.29, 1.82) is 0 Å². The number of hydrogen-bond donors (Lipinski definition) is 2. The van der Waals surface area contributed by atoms with Gasteiger partial charge in [0.15, 0.2) is 0 Å². The third-order valence-corrected chi connectivity index (χ3v) is 3.64. The zero-order chi connectivity index (χ0) is 15.2. The number of aliphatic hydroxyl groups excluding tert-OH is 1. The van der Waals surface area contributed by atoms with Crippen LogP contribution in [0.1, 0.15) is 39.0 Å². The van der Waals surface area contributed by atoms with E-state index in [1.807, 2.05) is 6.92 Å². The summed E-state index contributed by atoms with van der Waals surface area (Å²) in [7, 11) is 0. The van der Waals surface area contributed by atoms with Gasteiger partial charge < -0.3 is 15.2 Å². The zero-order valence-electron chi connectivity index (χ0n) is 12.2. The highest BCUT2D eigenvalue weighted by Crippen LogP contribution is 2.29. The minimum absolute atomic E-state index is 0.0296. The Kier molecular flexibility index (Phi) is 5.38. The lowest BCUT2D eigenvalue weighted by atomic mass is 9.93. The number of nitrogens with one attached hydrogen (secondary N) is 1. The molecule has 1 fully saturated rings. The number of hydrogen-bond acceptors (Lipinski definition) is 5. The van der Waals surface area contributed by atoms with Crippen LogP contribution < -0.4 is 10.1 Å². The minimum atomic E-state index is -0.408. The standard InChI is InChI=1S/C15H22N2O4/c1-2-7-21-15-9-12(8-13(10-15)17(19)20)16-11-3-5-14(18)6-4-11/h8-11,14,16,18H,2-7H2,1H3. The lowest BCUT2D eigenvalue weighted by Crippen LogP contribution is -2.28. The molecular formula is C15H22N2O4. The summed E-state index contributed by atoms with van der Waals surface area (Å²) in [6, 6.07) is 5.03. The molecule has 0 atom stereocenters. The van der Waals surface area contributed by atoms with E-state index in [1.54, 1.807) is 6.07 Å². The van der Waals surface area contributed by atoms with Crippen molar-refractivity contribution >= 4 is 11.4 Å². The lowest BCUT2D eigenvalue weighted by molar-refractivity contribution is -0.384. The van der Waals surface area contributed by atoms with E-state index >= 15 is 0 Å². The third-order valence-electron chi connectivity index (χ3n) is 3.64. The first-order valence-corrected chi connectivity index (χ1v) is 7.45. The largest absolute Gasteiger partial charge is 0.493 e. The van der Waals surface area contributed by atoms with Crippen molar-refractivity contribution in [2.45, 2.75) is 51.2 Å². The van der Waals surface area contributed by atoms with Gasteiger partial charge >= 0.3 is 0 Å². The molecule has 6 heteroatoms. The Morgan fingerprint density at radius 2 is 2.05 bits per heavy atom. The zero-order valence-corrected chi connectivity index (χ0v) is 12.2. The van der Waals surface area contributed by atoms with Crippen molar-refractivity contribution in [3.8, 4) is 5.75 Å². The predicted octanol–water partition coefficient (Wildman–Crippen LogP) is 3.10. The van der Waals surface area contributed by atoms with E-state index in [4.69, 9.17) is 4.74 Å². The number of nitro benzene ring substituents is 1. The first-order valence-electron chi connectivity index (χ1n) is 7.45. The molecule has 6 nitrogen and oxygen atoms in total. The fourth-order valence-electron chi connectivity index (χ4n) is 2.53. The van der Waals surface area contributed by atoms with Gasteiger partial charge in [-0.1, -0.05) is 6.92 Å². The maximum atomic E-state index is 11.0. The topological polar surface area (TPSA) is 84.6 Å². The lowest BCUT2D eigenvalue weighted by Gasteiger charge is -2.27. The SMILES string of the molecule is CCCOc1cc(NC2CCC(O)CC2)cc([N+](=O)[O-])c1. The van der Waals surface area contributed by atoms with E-state index in [0.717, 1.165) is 32.1 Å². The summed E-state index contributed by atoms with van der Waals surface area (Å²) in [6.07, 6.45) is 3.92. The first-order chi connectivity index (χ1) is 10.1. The molecule has 2 N–H and O–H groups in total. The summed E-state index contributed by atoms with van der Waals surface area (Å²) < 4.78 is 5.51. The van der Waals surface area contributed by atoms with Gasteiger partial charge in [0.1, 0.15) is 5.75 Å². The molecular weight excluding hydrogens is 272 g/mol. The monoisotopic (exact) mass is 294 g/mol. The Balaban J connectivity index is 2.09. The molecule has 0 saturated heterocycles. The van der Waals surface area contributed by atoms with Crippen molar-refractivity contribution in [3.05, 3.63) is 28.3 Å². The normalized spacial score (nSPS) is 21.8. The molecule has 1 aromatic carbocycles. The van der Waals surface area contributed by atoms with Crippen LogP contribution in [-0.4, -0.2) is 28.8 Å². The molecule has 116 valence electrons. The van der Waals surface area contributed by atoms with Crippen LogP contribution in [0.3, 0.4) is 0 Å². The summed E-state index contributed by atoms with van der Waals surface area (Å²) in [5.74, 6) is 0.518. The van der Waals surface area contributed by atoms with Gasteiger partial charge in [-0.15, -0.1) is 0 Å². The number of benzene rings is 1. The van der Waals surface area contributed by atoms with Gasteiger partial charge in [-0.2, -0.15) is 0 Å². The molecule has 0 aromatic heterocycles. The number of non-ortho nitro benzene ring substituents is 1. The minimum Gasteiger partial charge on any atom is -0.493 e. The number of nitro groups is 1. The summed E-state index contributed by atoms with van der Waals surface area (Å²) in [5, 5.41) is 23.8. The molecule has 0 radical (unpaired) electrons. The van der Waals surface area contributed by atoms with Gasteiger partial charge in [-0.05, 0) is 32.1 Å². The van der Waals surface area contributed by atoms with Gasteiger partial charge in [0.25, 0.3) is 5.69 Å². The Bertz CT molecular complexity index is 485. The van der Waals surface area contributed by atoms with E-state index in [-0.39, 0.29) is 17.8 Å².